The fraction of sp³-hybridized carbons (Fsp3) is 0.118. The Hall–Kier alpha value is -11.9. The molecule has 8 amide bonds. The van der Waals surface area contributed by atoms with Gasteiger partial charge in [0.05, 0.1) is 67.0 Å². The van der Waals surface area contributed by atoms with Crippen molar-refractivity contribution in [3.8, 4) is 11.1 Å². The summed E-state index contributed by atoms with van der Waals surface area (Å²) in [5, 5.41) is 0. The summed E-state index contributed by atoms with van der Waals surface area (Å²) in [6, 6.07) is 15.1. The normalized spacial score (nSPS) is 15.6. The monoisotopic (exact) mass is 1400 g/mol. The van der Waals surface area contributed by atoms with Crippen LogP contribution in [0.1, 0.15) is 127 Å². The van der Waals surface area contributed by atoms with Gasteiger partial charge in [-0.15, -0.1) is 0 Å². The molecular weight excluding hydrogens is 1370 g/mol. The highest BCUT2D eigenvalue weighted by molar-refractivity contribution is 6.35. The number of carbonyl (C=O) groups excluding carboxylic acids is 8. The summed E-state index contributed by atoms with van der Waals surface area (Å²) < 4.78 is 279. The predicted octanol–water partition coefficient (Wildman–Crippen LogP) is 15.5. The van der Waals surface area contributed by atoms with Crippen LogP contribution in [-0.4, -0.2) is 81.8 Å². The third kappa shape index (κ3) is 10.5. The largest absolute Gasteiger partial charge is 0.417 e. The van der Waals surface area contributed by atoms with Crippen molar-refractivity contribution < 1.29 is 117 Å². The van der Waals surface area contributed by atoms with Crippen LogP contribution in [0, 0.1) is 0 Å². The van der Waals surface area contributed by atoms with Crippen molar-refractivity contribution in [1.82, 2.24) is 9.80 Å². The number of imide groups is 4. The average molecular weight is 1410 g/mol. The number of amides is 8. The van der Waals surface area contributed by atoms with Crippen molar-refractivity contribution in [3.05, 3.63) is 259 Å². The summed E-state index contributed by atoms with van der Waals surface area (Å²) in [6.07, 6.45) is -33.4. The van der Waals surface area contributed by atoms with Gasteiger partial charge >= 0.3 is 37.1 Å². The molecule has 0 unspecified atom stereocenters. The van der Waals surface area contributed by atoms with Crippen molar-refractivity contribution in [1.29, 1.82) is 0 Å². The van der Waals surface area contributed by atoms with Crippen molar-refractivity contribution >= 4 is 82.2 Å². The number of hydrogen-bond acceptors (Lipinski definition) is 10. The van der Waals surface area contributed by atoms with Gasteiger partial charge in [-0.05, 0) is 154 Å². The number of benzene rings is 8. The summed E-state index contributed by atoms with van der Waals surface area (Å²) in [5.74, 6) is -12.2. The topological polar surface area (TPSA) is 202 Å². The summed E-state index contributed by atoms with van der Waals surface area (Å²) in [7, 11) is 0. The molecule has 4 aliphatic rings. The van der Waals surface area contributed by atoms with Crippen molar-refractivity contribution in [2.24, 2.45) is 0 Å². The summed E-state index contributed by atoms with van der Waals surface area (Å²) in [6.45, 7) is 0. The maximum Gasteiger partial charge on any atom is 0.417 e. The molecule has 4 N–H and O–H groups in total. The molecule has 8 aromatic rings. The average Bonchev–Trinajstić information content (AvgIpc) is 1.19. The van der Waals surface area contributed by atoms with Crippen LogP contribution in [0.25, 0.3) is 23.3 Å². The van der Waals surface area contributed by atoms with Crippen LogP contribution in [0.15, 0.2) is 170 Å². The molecule has 0 saturated heterocycles. The highest BCUT2D eigenvalue weighted by Gasteiger charge is 2.74. The number of rotatable bonds is 11. The van der Waals surface area contributed by atoms with Crippen LogP contribution in [0.2, 0.25) is 0 Å². The second-order valence-electron chi connectivity index (χ2n) is 22.8. The quantitative estimate of drug-likeness (QED) is 0.0713. The molecule has 4 aliphatic heterocycles. The van der Waals surface area contributed by atoms with Gasteiger partial charge in [0.1, 0.15) is 0 Å². The zero-order valence-corrected chi connectivity index (χ0v) is 49.3. The lowest BCUT2D eigenvalue weighted by Crippen LogP contribution is -2.55. The predicted molar refractivity (Wildman–Crippen MR) is 316 cm³/mol. The van der Waals surface area contributed by atoms with Crippen LogP contribution in [-0.2, 0) is 23.2 Å². The van der Waals surface area contributed by atoms with E-state index in [2.05, 4.69) is 0 Å². The maximum atomic E-state index is 15.6. The van der Waals surface area contributed by atoms with E-state index in [1.165, 1.54) is 60.7 Å². The van der Waals surface area contributed by atoms with E-state index in [0.717, 1.165) is 12.4 Å². The third-order valence-electron chi connectivity index (χ3n) is 17.2. The van der Waals surface area contributed by atoms with Gasteiger partial charge < -0.3 is 11.5 Å². The maximum absolute atomic E-state index is 15.6. The molecule has 0 spiro atoms. The molecule has 12 rings (SSSR count). The van der Waals surface area contributed by atoms with E-state index >= 15 is 79.0 Å². The zero-order valence-electron chi connectivity index (χ0n) is 49.3. The van der Waals surface area contributed by atoms with E-state index in [1.807, 2.05) is 0 Å². The summed E-state index contributed by atoms with van der Waals surface area (Å²) >= 11 is 0. The van der Waals surface area contributed by atoms with E-state index < -0.39 is 196 Å². The highest BCUT2D eigenvalue weighted by atomic mass is 19.4. The first kappa shape index (κ1) is 68.1. The van der Waals surface area contributed by atoms with E-state index in [1.54, 1.807) is 0 Å². The molecule has 8 aromatic carbocycles. The fourth-order valence-electron chi connectivity index (χ4n) is 12.5. The van der Waals surface area contributed by atoms with Crippen molar-refractivity contribution in [2.45, 2.75) is 47.9 Å². The fourth-order valence-corrected chi connectivity index (χ4v) is 12.5. The minimum absolute atomic E-state index is 0.0397. The Bertz CT molecular complexity index is 4650. The molecule has 4 heterocycles. The van der Waals surface area contributed by atoms with Gasteiger partial charge in [-0.2, -0.15) is 79.0 Å². The summed E-state index contributed by atoms with van der Waals surface area (Å²) in [4.78, 5) is 110. The minimum atomic E-state index is -6.48. The van der Waals surface area contributed by atoms with Gasteiger partial charge in [-0.3, -0.25) is 38.4 Å². The number of fused-ring (bicyclic) bond motifs is 4. The lowest BCUT2D eigenvalue weighted by molar-refractivity contribution is -0.290. The molecule has 0 aromatic heterocycles. The van der Waals surface area contributed by atoms with Crippen LogP contribution < -0.4 is 21.3 Å². The highest BCUT2D eigenvalue weighted by Crippen LogP contribution is 2.59. The number of nitrogen functional groups attached to an aromatic ring is 2. The van der Waals surface area contributed by atoms with Crippen molar-refractivity contribution in [3.63, 3.8) is 0 Å². The Morgan fingerprint density at radius 2 is 0.510 bits per heavy atom. The van der Waals surface area contributed by atoms with E-state index in [4.69, 9.17) is 11.5 Å². The van der Waals surface area contributed by atoms with Gasteiger partial charge in [0.2, 0.25) is 10.8 Å². The Morgan fingerprint density at radius 1 is 0.270 bits per heavy atom. The Morgan fingerprint density at radius 3 is 0.780 bits per heavy atom. The van der Waals surface area contributed by atoms with Gasteiger partial charge in [0, 0.05) is 23.8 Å². The molecule has 0 radical (unpaired) electrons. The molecular formula is C68H34F18N6O8. The lowest BCUT2D eigenvalue weighted by Gasteiger charge is -2.38. The number of nitrogens with two attached hydrogens (primary N) is 2. The Balaban J connectivity index is 0.865. The van der Waals surface area contributed by atoms with Crippen LogP contribution >= 0.6 is 0 Å². The summed E-state index contributed by atoms with van der Waals surface area (Å²) in [5.41, 5.74) is -22.4. The Labute approximate surface area is 547 Å². The Kier molecular flexibility index (Phi) is 15.6. The molecule has 0 aliphatic carbocycles. The molecule has 100 heavy (non-hydrogen) atoms. The lowest BCUT2D eigenvalue weighted by atomic mass is 9.71. The van der Waals surface area contributed by atoms with Crippen LogP contribution in [0.5, 0.6) is 0 Å². The second-order valence-corrected chi connectivity index (χ2v) is 22.8. The SMILES string of the molecule is Nc1ccc(/C=C/N2C(=O)c3ccc(C(c4ccc5c(c4)C(=O)N(c4ccc(-c6ccc(N7C(=O)c8ccc(C(c9ccc%10c(c9)C(=O)N(/C=C/c9ccc(N)cc9)C%10=O)(C(F)(F)F)C(F)(F)F)cc8C7=O)cc6C(F)(F)F)c(C(F)(F)F)c4)C5=O)(C(F)(F)F)C(F)(F)F)cc3C2=O)cc1. The van der Waals surface area contributed by atoms with Crippen LogP contribution in [0.3, 0.4) is 0 Å². The van der Waals surface area contributed by atoms with Crippen molar-refractivity contribution in [2.75, 3.05) is 21.3 Å². The first-order valence-corrected chi connectivity index (χ1v) is 28.4. The number of carbonyl (C=O) groups is 8. The molecule has 510 valence electrons. The molecule has 0 saturated carbocycles. The van der Waals surface area contributed by atoms with E-state index in [0.29, 0.717) is 68.7 Å². The zero-order chi connectivity index (χ0) is 72.8. The number of alkyl halides is 18. The second kappa shape index (κ2) is 22.9. The third-order valence-corrected chi connectivity index (χ3v) is 17.2. The van der Waals surface area contributed by atoms with E-state index in [-0.39, 0.29) is 82.6 Å². The molecule has 0 atom stereocenters. The van der Waals surface area contributed by atoms with Crippen LogP contribution in [0.4, 0.5) is 102 Å². The first-order chi connectivity index (χ1) is 46.5. The van der Waals surface area contributed by atoms with Gasteiger partial charge in [-0.1, -0.05) is 60.7 Å². The smallest absolute Gasteiger partial charge is 0.399 e. The number of anilines is 4. The molecule has 0 fully saturated rings. The molecule has 32 heteroatoms. The van der Waals surface area contributed by atoms with Gasteiger partial charge in [0.25, 0.3) is 47.3 Å². The van der Waals surface area contributed by atoms with E-state index in [9.17, 15) is 38.4 Å². The molecule has 0 bridgehead atoms. The van der Waals surface area contributed by atoms with Gasteiger partial charge in [-0.25, -0.2) is 19.6 Å². The van der Waals surface area contributed by atoms with Gasteiger partial charge in [0.15, 0.2) is 0 Å². The minimum Gasteiger partial charge on any atom is -0.399 e. The number of hydrogen-bond donors (Lipinski definition) is 2. The first-order valence-electron chi connectivity index (χ1n) is 28.4. The standard InChI is InChI=1S/C68H34F18N6O8/c69-63(70,71)51-29-39(91-57(97)45-17-7-35(27-49(45)59(91)99)61(65(75,76)77,66(78,79)80)33-5-15-43-47(25-33)55(95)89(53(43)93)23-21-31-1-9-37(87)10-2-31)13-19-41(51)42-20-14-40(30-52(42)64(72,73)74)92-58(98)46-18-8-36(28-50(46)60(92)100)62(67(81,82)83,68(84,85)86)34-6-16-44-48(26-34)56(96)90(54(44)94)24-22-32-3-11-38(88)12-4-32/h1-30H,87-88H2/b23-21+,24-22+. The number of nitrogens with zero attached hydrogens (tertiary/aromatic N) is 4. The molecule has 14 nitrogen and oxygen atoms in total. The number of halogens is 18.